The zero-order valence-corrected chi connectivity index (χ0v) is 15.3. The first-order valence-electron chi connectivity index (χ1n) is 8.26. The van der Waals surface area contributed by atoms with Crippen LogP contribution in [0.4, 0.5) is 35.0 Å². The van der Waals surface area contributed by atoms with E-state index >= 15 is 0 Å². The van der Waals surface area contributed by atoms with Crippen molar-refractivity contribution in [3.8, 4) is 0 Å². The van der Waals surface area contributed by atoms with E-state index in [4.69, 9.17) is 0 Å². The average molecular weight is 433 g/mol. The van der Waals surface area contributed by atoms with E-state index in [0.717, 1.165) is 38.2 Å². The van der Waals surface area contributed by atoms with Crippen molar-refractivity contribution < 1.29 is 17.6 Å². The van der Waals surface area contributed by atoms with Gasteiger partial charge in [-0.15, -0.1) is 0 Å². The summed E-state index contributed by atoms with van der Waals surface area (Å²) in [7, 11) is 0. The predicted octanol–water partition coefficient (Wildman–Crippen LogP) is 5.89. The number of alkyl halides is 3. The Bertz CT molecular complexity index is 776. The molecule has 0 atom stereocenters. The van der Waals surface area contributed by atoms with Gasteiger partial charge in [0.25, 0.3) is 0 Å². The maximum Gasteiger partial charge on any atom is 0.433 e. The van der Waals surface area contributed by atoms with Crippen molar-refractivity contribution in [3.05, 3.63) is 40.2 Å². The molecule has 1 fully saturated rings. The SMILES string of the molecule is Fc1cc(Nc2cc(C(F)(F)F)nc(NC3CCCCC3)n2)ccc1Br. The van der Waals surface area contributed by atoms with Gasteiger partial charge in [0.05, 0.1) is 4.47 Å². The van der Waals surface area contributed by atoms with Gasteiger partial charge < -0.3 is 10.6 Å². The summed E-state index contributed by atoms with van der Waals surface area (Å²) in [6.45, 7) is 0. The minimum Gasteiger partial charge on any atom is -0.351 e. The fourth-order valence-electron chi connectivity index (χ4n) is 2.87. The highest BCUT2D eigenvalue weighted by atomic mass is 79.9. The number of nitrogens with zero attached hydrogens (tertiary/aromatic N) is 2. The van der Waals surface area contributed by atoms with Crippen LogP contribution in [0.15, 0.2) is 28.7 Å². The molecular weight excluding hydrogens is 416 g/mol. The maximum absolute atomic E-state index is 13.6. The Balaban J connectivity index is 1.87. The lowest BCUT2D eigenvalue weighted by molar-refractivity contribution is -0.141. The highest BCUT2D eigenvalue weighted by Gasteiger charge is 2.34. The van der Waals surface area contributed by atoms with Crippen LogP contribution in [-0.2, 0) is 6.18 Å². The van der Waals surface area contributed by atoms with Crippen molar-refractivity contribution >= 4 is 33.4 Å². The molecule has 0 spiro atoms. The highest BCUT2D eigenvalue weighted by Crippen LogP contribution is 2.31. The molecule has 2 N–H and O–H groups in total. The predicted molar refractivity (Wildman–Crippen MR) is 94.9 cm³/mol. The lowest BCUT2D eigenvalue weighted by Gasteiger charge is -2.23. The lowest BCUT2D eigenvalue weighted by Crippen LogP contribution is -2.24. The van der Waals surface area contributed by atoms with Gasteiger partial charge in [-0.25, -0.2) is 9.37 Å². The highest BCUT2D eigenvalue weighted by molar-refractivity contribution is 9.10. The second-order valence-corrected chi connectivity index (χ2v) is 7.05. The number of rotatable bonds is 4. The van der Waals surface area contributed by atoms with Crippen LogP contribution in [0.1, 0.15) is 37.8 Å². The second-order valence-electron chi connectivity index (χ2n) is 6.19. The molecule has 140 valence electrons. The maximum atomic E-state index is 13.6. The second kappa shape index (κ2) is 7.77. The third kappa shape index (κ3) is 4.84. The van der Waals surface area contributed by atoms with Crippen LogP contribution in [-0.4, -0.2) is 16.0 Å². The lowest BCUT2D eigenvalue weighted by atomic mass is 9.96. The van der Waals surface area contributed by atoms with E-state index < -0.39 is 17.7 Å². The molecule has 2 aromatic rings. The molecule has 4 nitrogen and oxygen atoms in total. The summed E-state index contributed by atoms with van der Waals surface area (Å²) >= 11 is 3.03. The molecule has 1 aliphatic rings. The number of hydrogen-bond acceptors (Lipinski definition) is 4. The van der Waals surface area contributed by atoms with Gasteiger partial charge in [-0.2, -0.15) is 18.2 Å². The Labute approximate surface area is 156 Å². The molecule has 26 heavy (non-hydrogen) atoms. The molecule has 1 aliphatic carbocycles. The standard InChI is InChI=1S/C17H17BrF4N4/c18-12-7-6-11(8-13(12)19)23-15-9-14(17(20,21)22)25-16(26-15)24-10-4-2-1-3-5-10/h6-10H,1-5H2,(H2,23,24,25,26). The van der Waals surface area contributed by atoms with Crippen LogP contribution in [0.3, 0.4) is 0 Å². The van der Waals surface area contributed by atoms with E-state index in [2.05, 4.69) is 36.5 Å². The Morgan fingerprint density at radius 3 is 2.42 bits per heavy atom. The summed E-state index contributed by atoms with van der Waals surface area (Å²) < 4.78 is 53.4. The van der Waals surface area contributed by atoms with E-state index in [1.165, 1.54) is 18.2 Å². The van der Waals surface area contributed by atoms with Crippen molar-refractivity contribution in [1.82, 2.24) is 9.97 Å². The summed E-state index contributed by atoms with van der Waals surface area (Å²) in [4.78, 5) is 7.72. The fourth-order valence-corrected chi connectivity index (χ4v) is 3.12. The van der Waals surface area contributed by atoms with Crippen molar-refractivity contribution in [1.29, 1.82) is 0 Å². The van der Waals surface area contributed by atoms with Crippen LogP contribution in [0.5, 0.6) is 0 Å². The normalized spacial score (nSPS) is 15.7. The van der Waals surface area contributed by atoms with E-state index in [1.807, 2.05) is 0 Å². The number of hydrogen-bond donors (Lipinski definition) is 2. The van der Waals surface area contributed by atoms with E-state index in [1.54, 1.807) is 0 Å². The molecule has 1 aromatic heterocycles. The third-order valence-corrected chi connectivity index (χ3v) is 4.79. The van der Waals surface area contributed by atoms with Crippen LogP contribution >= 0.6 is 15.9 Å². The molecule has 0 unspecified atom stereocenters. The smallest absolute Gasteiger partial charge is 0.351 e. The first-order chi connectivity index (χ1) is 12.3. The molecular formula is C17H17BrF4N4. The minimum atomic E-state index is -4.60. The van der Waals surface area contributed by atoms with Crippen LogP contribution in [0.25, 0.3) is 0 Å². The molecule has 1 aromatic carbocycles. The molecule has 0 amide bonds. The summed E-state index contributed by atoms with van der Waals surface area (Å²) in [5.41, 5.74) is -0.757. The molecule has 0 aliphatic heterocycles. The van der Waals surface area contributed by atoms with Gasteiger partial charge in [-0.1, -0.05) is 19.3 Å². The molecule has 9 heteroatoms. The largest absolute Gasteiger partial charge is 0.433 e. The third-order valence-electron chi connectivity index (χ3n) is 4.15. The number of benzene rings is 1. The van der Waals surface area contributed by atoms with E-state index in [0.29, 0.717) is 5.69 Å². The Morgan fingerprint density at radius 2 is 1.77 bits per heavy atom. The van der Waals surface area contributed by atoms with Crippen LogP contribution in [0.2, 0.25) is 0 Å². The zero-order valence-electron chi connectivity index (χ0n) is 13.7. The molecule has 0 radical (unpaired) electrons. The van der Waals surface area contributed by atoms with Crippen LogP contribution in [0, 0.1) is 5.82 Å². The summed E-state index contributed by atoms with van der Waals surface area (Å²) in [5.74, 6) is -0.653. The minimum absolute atomic E-state index is 0.0487. The Hall–Kier alpha value is -1.90. The van der Waals surface area contributed by atoms with Gasteiger partial charge in [-0.3, -0.25) is 0 Å². The summed E-state index contributed by atoms with van der Waals surface area (Å²) in [5, 5.41) is 5.71. The summed E-state index contributed by atoms with van der Waals surface area (Å²) in [6.07, 6.45) is 0.331. The van der Waals surface area contributed by atoms with Gasteiger partial charge >= 0.3 is 6.18 Å². The molecule has 1 heterocycles. The van der Waals surface area contributed by atoms with Crippen LogP contribution < -0.4 is 10.6 Å². The van der Waals surface area contributed by atoms with Crippen molar-refractivity contribution in [2.45, 2.75) is 44.3 Å². The quantitative estimate of drug-likeness (QED) is 0.591. The van der Waals surface area contributed by atoms with Gasteiger partial charge in [0.2, 0.25) is 5.95 Å². The molecule has 3 rings (SSSR count). The topological polar surface area (TPSA) is 49.8 Å². The summed E-state index contributed by atoms with van der Waals surface area (Å²) in [6, 6.07) is 5.05. The number of halogens is 5. The van der Waals surface area contributed by atoms with Gasteiger partial charge in [0.15, 0.2) is 5.69 Å². The number of nitrogens with one attached hydrogen (secondary N) is 2. The number of aromatic nitrogens is 2. The van der Waals surface area contributed by atoms with Gasteiger partial charge in [-0.05, 0) is 47.0 Å². The number of anilines is 3. The fraction of sp³-hybridized carbons (Fsp3) is 0.412. The molecule has 1 saturated carbocycles. The Kier molecular flexibility index (Phi) is 5.64. The van der Waals surface area contributed by atoms with Gasteiger partial charge in [0, 0.05) is 17.8 Å². The monoisotopic (exact) mass is 432 g/mol. The zero-order chi connectivity index (χ0) is 18.7. The Morgan fingerprint density at radius 1 is 1.04 bits per heavy atom. The molecule has 0 saturated heterocycles. The van der Waals surface area contributed by atoms with E-state index in [9.17, 15) is 17.6 Å². The van der Waals surface area contributed by atoms with E-state index in [-0.39, 0.29) is 22.3 Å². The van der Waals surface area contributed by atoms with Gasteiger partial charge in [0.1, 0.15) is 11.6 Å². The average Bonchev–Trinajstić information content (AvgIpc) is 2.58. The van der Waals surface area contributed by atoms with Crippen molar-refractivity contribution in [3.63, 3.8) is 0 Å². The van der Waals surface area contributed by atoms with Crippen molar-refractivity contribution in [2.75, 3.05) is 10.6 Å². The first kappa shape index (κ1) is 18.9. The first-order valence-corrected chi connectivity index (χ1v) is 9.05. The van der Waals surface area contributed by atoms with Crippen molar-refractivity contribution in [2.24, 2.45) is 0 Å². The molecule has 0 bridgehead atoms.